The van der Waals surface area contributed by atoms with Gasteiger partial charge in [-0.2, -0.15) is 0 Å². The number of ether oxygens (including phenoxy) is 2. The number of anilines is 1. The van der Waals surface area contributed by atoms with Crippen molar-refractivity contribution in [2.24, 2.45) is 0 Å². The number of phenolic OH excluding ortho intramolecular Hbond substituents is 1. The lowest BCUT2D eigenvalue weighted by atomic mass is 9.99. The molecule has 0 bridgehead atoms. The van der Waals surface area contributed by atoms with E-state index in [0.29, 0.717) is 35.2 Å². The molecular weight excluding hydrogens is 454 g/mol. The number of aromatic hydroxyl groups is 1. The summed E-state index contributed by atoms with van der Waals surface area (Å²) in [5.74, 6) is -1.32. The van der Waals surface area contributed by atoms with E-state index in [9.17, 15) is 19.8 Å². The third-order valence-corrected chi connectivity index (χ3v) is 6.43. The predicted molar refractivity (Wildman–Crippen MR) is 120 cm³/mol. The molecule has 2 aliphatic rings. The molecule has 1 aromatic heterocycles. The molecule has 2 N–H and O–H groups in total. The zero-order valence-electron chi connectivity index (χ0n) is 16.4. The van der Waals surface area contributed by atoms with Crippen molar-refractivity contribution in [2.75, 3.05) is 18.1 Å². The Labute approximate surface area is 191 Å². The van der Waals surface area contributed by atoms with E-state index in [-0.39, 0.29) is 27.8 Å². The standard InChI is InChI=1S/C23H16ClNO6S/c24-13-4-5-15(26)14(11-13)25-20(18-2-1-9-32-18)19(22(28)23(25)29)21(27)12-3-6-16-17(10-12)31-8-7-30-16/h1-6,9-11,20,26-27H,7-8H2/b21-19-. The molecule has 1 amide bonds. The van der Waals surface area contributed by atoms with Gasteiger partial charge in [0.1, 0.15) is 30.8 Å². The van der Waals surface area contributed by atoms with E-state index in [1.165, 1.54) is 34.4 Å². The Hall–Kier alpha value is -3.49. The molecule has 0 saturated carbocycles. The normalized spacial score (nSPS) is 19.4. The molecule has 0 spiro atoms. The van der Waals surface area contributed by atoms with Crippen LogP contribution in [0.5, 0.6) is 17.2 Å². The van der Waals surface area contributed by atoms with Crippen LogP contribution >= 0.6 is 22.9 Å². The van der Waals surface area contributed by atoms with Gasteiger partial charge in [-0.05, 0) is 47.8 Å². The molecule has 2 aliphatic heterocycles. The highest BCUT2D eigenvalue weighted by atomic mass is 35.5. The fourth-order valence-corrected chi connectivity index (χ4v) is 4.82. The van der Waals surface area contributed by atoms with E-state index in [2.05, 4.69) is 0 Å². The predicted octanol–water partition coefficient (Wildman–Crippen LogP) is 4.50. The number of aliphatic hydroxyl groups excluding tert-OH is 1. The summed E-state index contributed by atoms with van der Waals surface area (Å²) >= 11 is 7.42. The number of benzene rings is 2. The number of carbonyl (C=O) groups excluding carboxylic acids is 2. The largest absolute Gasteiger partial charge is 0.507 e. The SMILES string of the molecule is O=C1C(=O)N(c2cc(Cl)ccc2O)C(c2cccs2)/C1=C(/O)c1ccc2c(c1)OCCO2. The fraction of sp³-hybridized carbons (Fsp3) is 0.130. The summed E-state index contributed by atoms with van der Waals surface area (Å²) in [5, 5.41) is 23.7. The lowest BCUT2D eigenvalue weighted by Gasteiger charge is -2.25. The maximum atomic E-state index is 13.1. The van der Waals surface area contributed by atoms with Crippen LogP contribution in [-0.2, 0) is 9.59 Å². The van der Waals surface area contributed by atoms with Crippen molar-refractivity contribution in [3.63, 3.8) is 0 Å². The Balaban J connectivity index is 1.70. The van der Waals surface area contributed by atoms with Crippen molar-refractivity contribution in [3.05, 3.63) is 74.9 Å². The first kappa shape index (κ1) is 20.4. The van der Waals surface area contributed by atoms with E-state index < -0.39 is 17.7 Å². The van der Waals surface area contributed by atoms with E-state index in [1.807, 2.05) is 0 Å². The Morgan fingerprint density at radius 3 is 2.59 bits per heavy atom. The highest BCUT2D eigenvalue weighted by Gasteiger charge is 2.48. The van der Waals surface area contributed by atoms with E-state index in [0.717, 1.165) is 0 Å². The first-order chi connectivity index (χ1) is 15.5. The molecule has 1 atom stereocenters. The number of Topliss-reactive ketones (excluding diaryl/α,β-unsaturated/α-hetero) is 1. The first-order valence-electron chi connectivity index (χ1n) is 9.68. The van der Waals surface area contributed by atoms with Crippen molar-refractivity contribution in [1.29, 1.82) is 0 Å². The van der Waals surface area contributed by atoms with Crippen LogP contribution in [0.15, 0.2) is 59.5 Å². The maximum absolute atomic E-state index is 13.1. The van der Waals surface area contributed by atoms with Gasteiger partial charge in [0.2, 0.25) is 0 Å². The van der Waals surface area contributed by atoms with Gasteiger partial charge in [0.15, 0.2) is 11.5 Å². The van der Waals surface area contributed by atoms with Crippen molar-refractivity contribution in [3.8, 4) is 17.2 Å². The van der Waals surface area contributed by atoms with Gasteiger partial charge in [-0.1, -0.05) is 17.7 Å². The zero-order valence-corrected chi connectivity index (χ0v) is 18.0. The van der Waals surface area contributed by atoms with E-state index >= 15 is 0 Å². The number of phenols is 1. The molecule has 3 aromatic rings. The molecule has 32 heavy (non-hydrogen) atoms. The number of thiophene rings is 1. The van der Waals surface area contributed by atoms with Crippen LogP contribution in [0.4, 0.5) is 5.69 Å². The van der Waals surface area contributed by atoms with Gasteiger partial charge in [0, 0.05) is 15.5 Å². The maximum Gasteiger partial charge on any atom is 0.300 e. The van der Waals surface area contributed by atoms with Gasteiger partial charge >= 0.3 is 0 Å². The minimum Gasteiger partial charge on any atom is -0.507 e. The van der Waals surface area contributed by atoms with Crippen LogP contribution in [0.3, 0.4) is 0 Å². The summed E-state index contributed by atoms with van der Waals surface area (Å²) in [7, 11) is 0. The van der Waals surface area contributed by atoms with Crippen LogP contribution < -0.4 is 14.4 Å². The number of nitrogens with zero attached hydrogens (tertiary/aromatic N) is 1. The summed E-state index contributed by atoms with van der Waals surface area (Å²) in [4.78, 5) is 28.0. The Bertz CT molecular complexity index is 1270. The fourth-order valence-electron chi connectivity index (χ4n) is 3.83. The number of hydrogen-bond acceptors (Lipinski definition) is 7. The molecule has 2 aromatic carbocycles. The minimum absolute atomic E-state index is 0.0826. The lowest BCUT2D eigenvalue weighted by molar-refractivity contribution is -0.132. The zero-order chi connectivity index (χ0) is 22.4. The van der Waals surface area contributed by atoms with Crippen molar-refractivity contribution < 1.29 is 29.3 Å². The monoisotopic (exact) mass is 469 g/mol. The summed E-state index contributed by atoms with van der Waals surface area (Å²) in [6, 6.07) is 11.6. The number of hydrogen-bond donors (Lipinski definition) is 2. The van der Waals surface area contributed by atoms with Crippen molar-refractivity contribution in [2.45, 2.75) is 6.04 Å². The molecule has 1 fully saturated rings. The molecule has 162 valence electrons. The van der Waals surface area contributed by atoms with Crippen molar-refractivity contribution >= 4 is 46.1 Å². The van der Waals surface area contributed by atoms with Gasteiger partial charge in [-0.3, -0.25) is 14.5 Å². The average molecular weight is 470 g/mol. The third-order valence-electron chi connectivity index (χ3n) is 5.27. The van der Waals surface area contributed by atoms with Gasteiger partial charge < -0.3 is 19.7 Å². The third kappa shape index (κ3) is 3.28. The topological polar surface area (TPSA) is 96.3 Å². The quantitative estimate of drug-likeness (QED) is 0.333. The summed E-state index contributed by atoms with van der Waals surface area (Å²) in [6.07, 6.45) is 0. The van der Waals surface area contributed by atoms with Gasteiger partial charge in [-0.25, -0.2) is 0 Å². The van der Waals surface area contributed by atoms with Crippen LogP contribution in [0.2, 0.25) is 5.02 Å². The highest BCUT2D eigenvalue weighted by molar-refractivity contribution is 7.10. The molecule has 1 unspecified atom stereocenters. The molecular formula is C23H16ClNO6S. The number of amides is 1. The smallest absolute Gasteiger partial charge is 0.300 e. The van der Waals surface area contributed by atoms with Crippen LogP contribution in [0.25, 0.3) is 5.76 Å². The number of rotatable bonds is 3. The number of aliphatic hydroxyl groups is 1. The highest BCUT2D eigenvalue weighted by Crippen LogP contribution is 2.47. The molecule has 7 nitrogen and oxygen atoms in total. The molecule has 5 rings (SSSR count). The molecule has 1 saturated heterocycles. The molecule has 3 heterocycles. The second-order valence-corrected chi connectivity index (χ2v) is 8.59. The van der Waals surface area contributed by atoms with Gasteiger partial charge in [0.25, 0.3) is 11.7 Å². The van der Waals surface area contributed by atoms with Crippen LogP contribution in [0.1, 0.15) is 16.5 Å². The van der Waals surface area contributed by atoms with E-state index in [4.69, 9.17) is 21.1 Å². The second kappa shape index (κ2) is 7.89. The molecule has 0 aliphatic carbocycles. The molecule has 9 heteroatoms. The Morgan fingerprint density at radius 1 is 1.06 bits per heavy atom. The number of halogens is 1. The van der Waals surface area contributed by atoms with Crippen molar-refractivity contribution in [1.82, 2.24) is 0 Å². The number of fused-ring (bicyclic) bond motifs is 1. The second-order valence-electron chi connectivity index (χ2n) is 7.18. The van der Waals surface area contributed by atoms with Crippen LogP contribution in [0, 0.1) is 0 Å². The number of ketones is 1. The summed E-state index contributed by atoms with van der Waals surface area (Å²) in [6.45, 7) is 0.787. The summed E-state index contributed by atoms with van der Waals surface area (Å²) in [5.41, 5.74) is 0.303. The average Bonchev–Trinajstić information content (AvgIpc) is 3.42. The van der Waals surface area contributed by atoms with Gasteiger partial charge in [0.05, 0.1) is 11.3 Å². The van der Waals surface area contributed by atoms with Gasteiger partial charge in [-0.15, -0.1) is 11.3 Å². The molecule has 0 radical (unpaired) electrons. The Morgan fingerprint density at radius 2 is 1.84 bits per heavy atom. The minimum atomic E-state index is -0.937. The summed E-state index contributed by atoms with van der Waals surface area (Å²) < 4.78 is 11.1. The Kier molecular flexibility index (Phi) is 5.03. The first-order valence-corrected chi connectivity index (χ1v) is 10.9. The van der Waals surface area contributed by atoms with E-state index in [1.54, 1.807) is 35.7 Å². The van der Waals surface area contributed by atoms with Crippen LogP contribution in [-0.4, -0.2) is 35.1 Å². The number of carbonyl (C=O) groups is 2. The lowest BCUT2D eigenvalue weighted by Crippen LogP contribution is -2.29.